The molecule has 5 rings (SSSR count). The first-order chi connectivity index (χ1) is 17.7. The van der Waals surface area contributed by atoms with Crippen molar-refractivity contribution in [2.45, 2.75) is 32.6 Å². The van der Waals surface area contributed by atoms with E-state index < -0.39 is 0 Å². The van der Waals surface area contributed by atoms with Crippen molar-refractivity contribution in [3.05, 3.63) is 66.0 Å². The molecule has 2 aromatic carbocycles. The number of benzene rings is 2. The molecule has 0 radical (unpaired) electrons. The van der Waals surface area contributed by atoms with Gasteiger partial charge in [-0.1, -0.05) is 61.0 Å². The number of unbranched alkanes of at least 4 members (excludes halogenated alkanes) is 1. The Balaban J connectivity index is 1.48. The molecule has 2 aromatic heterocycles. The summed E-state index contributed by atoms with van der Waals surface area (Å²) in [7, 11) is 1.59. The monoisotopic (exact) mass is 485 g/mol. The summed E-state index contributed by atoms with van der Waals surface area (Å²) in [4.78, 5) is 27.2. The molecule has 0 spiro atoms. The van der Waals surface area contributed by atoms with Crippen LogP contribution in [0.15, 0.2) is 59.1 Å². The van der Waals surface area contributed by atoms with Gasteiger partial charge in [0.05, 0.1) is 12.7 Å². The smallest absolute Gasteiger partial charge is 0.263 e. The maximum atomic E-state index is 13.3. The van der Waals surface area contributed by atoms with Gasteiger partial charge in [-0.2, -0.15) is 4.98 Å². The number of rotatable bonds is 7. The Morgan fingerprint density at radius 1 is 1.00 bits per heavy atom. The largest absolute Gasteiger partial charge is 0.496 e. The molecule has 8 heteroatoms. The molecule has 186 valence electrons. The van der Waals surface area contributed by atoms with Crippen LogP contribution in [0.1, 0.15) is 42.4 Å². The van der Waals surface area contributed by atoms with Gasteiger partial charge in [-0.25, -0.2) is 4.98 Å². The minimum atomic E-state index is -0.0132. The van der Waals surface area contributed by atoms with E-state index in [1.54, 1.807) is 7.11 Å². The summed E-state index contributed by atoms with van der Waals surface area (Å²) in [6.07, 6.45) is 3.67. The average molecular weight is 486 g/mol. The molecule has 3 heterocycles. The van der Waals surface area contributed by atoms with Gasteiger partial charge in [0.25, 0.3) is 11.6 Å². The third-order valence-corrected chi connectivity index (χ3v) is 6.58. The second-order valence-electron chi connectivity index (χ2n) is 8.98. The number of para-hydroxylation sites is 1. The number of amides is 1. The zero-order valence-electron chi connectivity index (χ0n) is 20.8. The Bertz CT molecular complexity index is 1340. The Kier molecular flexibility index (Phi) is 7.11. The van der Waals surface area contributed by atoms with E-state index in [4.69, 9.17) is 19.2 Å². The van der Waals surface area contributed by atoms with Crippen LogP contribution in [0.4, 0.5) is 5.82 Å². The van der Waals surface area contributed by atoms with Gasteiger partial charge < -0.3 is 19.1 Å². The van der Waals surface area contributed by atoms with Crippen molar-refractivity contribution in [3.8, 4) is 17.0 Å². The molecule has 1 aliphatic rings. The number of aromatic nitrogens is 3. The van der Waals surface area contributed by atoms with Crippen LogP contribution in [0.25, 0.3) is 22.4 Å². The quantitative estimate of drug-likeness (QED) is 0.365. The number of methoxy groups -OCH3 is 1. The van der Waals surface area contributed by atoms with Gasteiger partial charge >= 0.3 is 0 Å². The lowest BCUT2D eigenvalue weighted by atomic mass is 10.1. The minimum absolute atomic E-state index is 0.0132. The van der Waals surface area contributed by atoms with Crippen LogP contribution >= 0.6 is 0 Å². The normalized spacial score (nSPS) is 14.2. The summed E-state index contributed by atoms with van der Waals surface area (Å²) in [5, 5.41) is 5.21. The lowest BCUT2D eigenvalue weighted by molar-refractivity contribution is 0.0763. The van der Waals surface area contributed by atoms with Crippen LogP contribution in [-0.2, 0) is 6.42 Å². The maximum Gasteiger partial charge on any atom is 0.263 e. The molecule has 0 unspecified atom stereocenters. The molecular formula is C28H31N5O3. The highest BCUT2D eigenvalue weighted by molar-refractivity contribution is 5.98. The number of hydrogen-bond donors (Lipinski definition) is 0. The zero-order chi connectivity index (χ0) is 24.9. The fraction of sp³-hybridized carbons (Fsp3) is 0.357. The Morgan fingerprint density at radius 3 is 2.61 bits per heavy atom. The number of hydrogen-bond acceptors (Lipinski definition) is 7. The second-order valence-corrected chi connectivity index (χ2v) is 8.98. The summed E-state index contributed by atoms with van der Waals surface area (Å²) in [6, 6.07) is 17.4. The topological polar surface area (TPSA) is 84.6 Å². The molecule has 36 heavy (non-hydrogen) atoms. The van der Waals surface area contributed by atoms with Crippen LogP contribution < -0.4 is 9.64 Å². The van der Waals surface area contributed by atoms with Crippen molar-refractivity contribution >= 4 is 22.8 Å². The van der Waals surface area contributed by atoms with Gasteiger partial charge in [0.15, 0.2) is 0 Å². The van der Waals surface area contributed by atoms with Crippen LogP contribution in [0.3, 0.4) is 0 Å². The first-order valence-corrected chi connectivity index (χ1v) is 12.6. The molecule has 0 N–H and O–H groups in total. The summed E-state index contributed by atoms with van der Waals surface area (Å²) >= 11 is 0. The highest BCUT2D eigenvalue weighted by Gasteiger charge is 2.27. The average Bonchev–Trinajstić information content (AvgIpc) is 3.20. The predicted octanol–water partition coefficient (Wildman–Crippen LogP) is 4.99. The van der Waals surface area contributed by atoms with Crippen molar-refractivity contribution in [2.24, 2.45) is 0 Å². The molecule has 0 atom stereocenters. The number of anilines is 1. The molecular weight excluding hydrogens is 454 g/mol. The van der Waals surface area contributed by atoms with E-state index in [0.29, 0.717) is 36.7 Å². The molecule has 4 aromatic rings. The fourth-order valence-electron chi connectivity index (χ4n) is 4.67. The highest BCUT2D eigenvalue weighted by atomic mass is 16.5. The Hall–Kier alpha value is -3.94. The first kappa shape index (κ1) is 23.8. The van der Waals surface area contributed by atoms with Crippen molar-refractivity contribution in [1.82, 2.24) is 20.0 Å². The van der Waals surface area contributed by atoms with Crippen molar-refractivity contribution in [2.75, 3.05) is 38.2 Å². The van der Waals surface area contributed by atoms with Gasteiger partial charge in [0.1, 0.15) is 28.5 Å². The van der Waals surface area contributed by atoms with Gasteiger partial charge in [-0.3, -0.25) is 4.79 Å². The van der Waals surface area contributed by atoms with Gasteiger partial charge in [-0.05, 0) is 25.0 Å². The van der Waals surface area contributed by atoms with Crippen LogP contribution in [0.5, 0.6) is 5.75 Å². The standard InChI is InChI=1S/C28H31N5O3/c1-3-4-15-23-29-26(24-25(31-36-27(24)30-23)20-11-6-5-7-12-20)32-16-10-17-33(19-18-32)28(34)21-13-8-9-14-22(21)35-2/h5-9,11-14H,3-4,10,15-19H2,1-2H3. The first-order valence-electron chi connectivity index (χ1n) is 12.6. The molecule has 8 nitrogen and oxygen atoms in total. The third kappa shape index (κ3) is 4.76. The zero-order valence-corrected chi connectivity index (χ0v) is 20.8. The molecule has 0 saturated carbocycles. The molecule has 1 saturated heterocycles. The number of ether oxygens (including phenoxy) is 1. The summed E-state index contributed by atoms with van der Waals surface area (Å²) in [5.74, 6) is 2.18. The highest BCUT2D eigenvalue weighted by Crippen LogP contribution is 2.34. The predicted molar refractivity (Wildman–Crippen MR) is 139 cm³/mol. The second kappa shape index (κ2) is 10.8. The molecule has 1 fully saturated rings. The summed E-state index contributed by atoms with van der Waals surface area (Å²) in [5.41, 5.74) is 2.81. The van der Waals surface area contributed by atoms with E-state index in [0.717, 1.165) is 60.5 Å². The lowest BCUT2D eigenvalue weighted by Crippen LogP contribution is -2.35. The van der Waals surface area contributed by atoms with Crippen molar-refractivity contribution in [1.29, 1.82) is 0 Å². The van der Waals surface area contributed by atoms with E-state index in [2.05, 4.69) is 17.0 Å². The van der Waals surface area contributed by atoms with E-state index in [-0.39, 0.29) is 5.91 Å². The third-order valence-electron chi connectivity index (χ3n) is 6.58. The number of fused-ring (bicyclic) bond motifs is 1. The van der Waals surface area contributed by atoms with Crippen molar-refractivity contribution in [3.63, 3.8) is 0 Å². The van der Waals surface area contributed by atoms with E-state index in [1.165, 1.54) is 0 Å². The van der Waals surface area contributed by atoms with Gasteiger partial charge in [-0.15, -0.1) is 0 Å². The maximum absolute atomic E-state index is 13.3. The Morgan fingerprint density at radius 2 is 1.81 bits per heavy atom. The molecule has 0 aliphatic carbocycles. The SMILES string of the molecule is CCCCc1nc(N2CCCN(C(=O)c3ccccc3OC)CC2)c2c(-c3ccccc3)noc2n1. The van der Waals surface area contributed by atoms with E-state index >= 15 is 0 Å². The van der Waals surface area contributed by atoms with Crippen LogP contribution in [0, 0.1) is 0 Å². The van der Waals surface area contributed by atoms with Gasteiger partial charge in [0, 0.05) is 38.2 Å². The van der Waals surface area contributed by atoms with E-state index in [1.807, 2.05) is 59.5 Å². The summed E-state index contributed by atoms with van der Waals surface area (Å²) in [6.45, 7) is 4.83. The van der Waals surface area contributed by atoms with E-state index in [9.17, 15) is 4.79 Å². The molecule has 1 aliphatic heterocycles. The summed E-state index contributed by atoms with van der Waals surface area (Å²) < 4.78 is 11.1. The number of aryl methyl sites for hydroxylation is 1. The number of carbonyl (C=O) groups is 1. The van der Waals surface area contributed by atoms with Crippen LogP contribution in [0.2, 0.25) is 0 Å². The minimum Gasteiger partial charge on any atom is -0.496 e. The van der Waals surface area contributed by atoms with Gasteiger partial charge in [0.2, 0.25) is 0 Å². The molecule has 0 bridgehead atoms. The van der Waals surface area contributed by atoms with Crippen molar-refractivity contribution < 1.29 is 14.1 Å². The number of carbonyl (C=O) groups excluding carboxylic acids is 1. The molecule has 1 amide bonds. The fourth-order valence-corrected chi connectivity index (χ4v) is 4.67. The lowest BCUT2D eigenvalue weighted by Gasteiger charge is -2.24. The number of nitrogens with zero attached hydrogens (tertiary/aromatic N) is 5. The Labute approximate surface area is 210 Å². The van der Waals surface area contributed by atoms with Crippen LogP contribution in [-0.4, -0.2) is 59.2 Å².